The van der Waals surface area contributed by atoms with E-state index in [9.17, 15) is 0 Å². The van der Waals surface area contributed by atoms with E-state index in [4.69, 9.17) is 17.3 Å². The normalized spacial score (nSPS) is 12.3. The molecule has 3 heteroatoms. The van der Waals surface area contributed by atoms with E-state index in [0.717, 1.165) is 23.6 Å². The largest absolute Gasteiger partial charge is 0.327 e. The molecule has 0 aliphatic carbocycles. The minimum Gasteiger partial charge on any atom is -0.327 e. The molecule has 1 nitrogen and oxygen atoms in total. The van der Waals surface area contributed by atoms with E-state index in [2.05, 4.69) is 43.3 Å². The van der Waals surface area contributed by atoms with Gasteiger partial charge in [0.2, 0.25) is 0 Å². The van der Waals surface area contributed by atoms with E-state index in [0.29, 0.717) is 0 Å². The van der Waals surface area contributed by atoms with Crippen LogP contribution >= 0.6 is 23.4 Å². The SMILES string of the molecule is CCC(N)Cc1ccc(SCc2ccc(Cl)cc2)cc1. The standard InChI is InChI=1S/C17H20ClNS/c1-2-16(19)11-13-5-9-17(10-6-13)20-12-14-3-7-15(18)8-4-14/h3-10,16H,2,11-12,19H2,1H3. The topological polar surface area (TPSA) is 26.0 Å². The molecule has 0 aromatic heterocycles. The van der Waals surface area contributed by atoms with Crippen LogP contribution in [0.1, 0.15) is 24.5 Å². The number of benzene rings is 2. The zero-order chi connectivity index (χ0) is 14.4. The van der Waals surface area contributed by atoms with Crippen molar-refractivity contribution in [3.63, 3.8) is 0 Å². The lowest BCUT2D eigenvalue weighted by Crippen LogP contribution is -2.21. The first-order valence-electron chi connectivity index (χ1n) is 6.89. The van der Waals surface area contributed by atoms with Gasteiger partial charge in [0.1, 0.15) is 0 Å². The lowest BCUT2D eigenvalue weighted by molar-refractivity contribution is 0.646. The van der Waals surface area contributed by atoms with Crippen molar-refractivity contribution in [1.29, 1.82) is 0 Å². The maximum Gasteiger partial charge on any atom is 0.0406 e. The van der Waals surface area contributed by atoms with Crippen molar-refractivity contribution in [2.45, 2.75) is 36.5 Å². The second kappa shape index (κ2) is 7.72. The summed E-state index contributed by atoms with van der Waals surface area (Å²) in [4.78, 5) is 1.29. The molecule has 0 saturated carbocycles. The Hall–Kier alpha value is -0.960. The van der Waals surface area contributed by atoms with Crippen LogP contribution in [0.15, 0.2) is 53.4 Å². The average Bonchev–Trinajstić information content (AvgIpc) is 2.48. The van der Waals surface area contributed by atoms with Crippen LogP contribution in [0.2, 0.25) is 5.02 Å². The van der Waals surface area contributed by atoms with Gasteiger partial charge in [-0.05, 0) is 48.2 Å². The van der Waals surface area contributed by atoms with E-state index in [-0.39, 0.29) is 6.04 Å². The molecule has 0 spiro atoms. The number of hydrogen-bond acceptors (Lipinski definition) is 2. The van der Waals surface area contributed by atoms with E-state index in [1.165, 1.54) is 16.0 Å². The Morgan fingerprint density at radius 2 is 1.60 bits per heavy atom. The molecule has 1 atom stereocenters. The van der Waals surface area contributed by atoms with Crippen molar-refractivity contribution in [3.8, 4) is 0 Å². The van der Waals surface area contributed by atoms with Gasteiger partial charge in [-0.2, -0.15) is 0 Å². The van der Waals surface area contributed by atoms with Gasteiger partial charge in [0.05, 0.1) is 0 Å². The summed E-state index contributed by atoms with van der Waals surface area (Å²) in [6.45, 7) is 2.13. The molecule has 0 fully saturated rings. The van der Waals surface area contributed by atoms with Crippen molar-refractivity contribution >= 4 is 23.4 Å². The smallest absolute Gasteiger partial charge is 0.0406 e. The second-order valence-corrected chi connectivity index (χ2v) is 6.42. The maximum atomic E-state index is 5.97. The summed E-state index contributed by atoms with van der Waals surface area (Å²) in [5.74, 6) is 0.963. The maximum absolute atomic E-state index is 5.97. The summed E-state index contributed by atoms with van der Waals surface area (Å²) in [7, 11) is 0. The van der Waals surface area contributed by atoms with Crippen molar-refractivity contribution in [2.24, 2.45) is 5.73 Å². The fraction of sp³-hybridized carbons (Fsp3) is 0.294. The molecule has 20 heavy (non-hydrogen) atoms. The first kappa shape index (κ1) is 15.4. The highest BCUT2D eigenvalue weighted by Crippen LogP contribution is 2.24. The van der Waals surface area contributed by atoms with Crippen LogP contribution in [0, 0.1) is 0 Å². The van der Waals surface area contributed by atoms with E-state index in [1.54, 1.807) is 0 Å². The molecule has 106 valence electrons. The molecule has 0 radical (unpaired) electrons. The lowest BCUT2D eigenvalue weighted by Gasteiger charge is -2.09. The highest BCUT2D eigenvalue weighted by atomic mass is 35.5. The Bertz CT molecular complexity index is 522. The minimum atomic E-state index is 0.266. The summed E-state index contributed by atoms with van der Waals surface area (Å²) in [6.07, 6.45) is 1.98. The van der Waals surface area contributed by atoms with Gasteiger partial charge in [-0.25, -0.2) is 0 Å². The van der Waals surface area contributed by atoms with Crippen LogP contribution in [-0.4, -0.2) is 6.04 Å². The highest BCUT2D eigenvalue weighted by Gasteiger charge is 2.02. The molecule has 0 heterocycles. The first-order valence-corrected chi connectivity index (χ1v) is 8.25. The van der Waals surface area contributed by atoms with Gasteiger partial charge in [0, 0.05) is 21.7 Å². The Balaban J connectivity index is 1.89. The van der Waals surface area contributed by atoms with Crippen molar-refractivity contribution < 1.29 is 0 Å². The van der Waals surface area contributed by atoms with Crippen LogP contribution in [0.25, 0.3) is 0 Å². The summed E-state index contributed by atoms with van der Waals surface area (Å²) in [5, 5.41) is 0.787. The molecule has 0 saturated heterocycles. The molecule has 2 aromatic carbocycles. The van der Waals surface area contributed by atoms with Crippen molar-refractivity contribution in [1.82, 2.24) is 0 Å². The summed E-state index contributed by atoms with van der Waals surface area (Å²) >= 11 is 7.72. The van der Waals surface area contributed by atoms with E-state index < -0.39 is 0 Å². The molecule has 2 N–H and O–H groups in total. The lowest BCUT2D eigenvalue weighted by atomic mass is 10.1. The fourth-order valence-electron chi connectivity index (χ4n) is 1.92. The van der Waals surface area contributed by atoms with Crippen LogP contribution in [0.3, 0.4) is 0 Å². The van der Waals surface area contributed by atoms with Crippen LogP contribution in [0.5, 0.6) is 0 Å². The van der Waals surface area contributed by atoms with Gasteiger partial charge in [0.25, 0.3) is 0 Å². The third-order valence-corrected chi connectivity index (χ3v) is 4.60. The Kier molecular flexibility index (Phi) is 5.96. The number of thioether (sulfide) groups is 1. The predicted octanol–water partition coefficient (Wildman–Crippen LogP) is 4.91. The molecule has 1 unspecified atom stereocenters. The van der Waals surface area contributed by atoms with Gasteiger partial charge in [0.15, 0.2) is 0 Å². The molecule has 0 aliphatic heterocycles. The van der Waals surface area contributed by atoms with Crippen molar-refractivity contribution in [3.05, 3.63) is 64.7 Å². The predicted molar refractivity (Wildman–Crippen MR) is 89.4 cm³/mol. The Morgan fingerprint density at radius 3 is 2.20 bits per heavy atom. The van der Waals surface area contributed by atoms with Crippen LogP contribution in [0.4, 0.5) is 0 Å². The van der Waals surface area contributed by atoms with Crippen LogP contribution in [-0.2, 0) is 12.2 Å². The molecule has 0 amide bonds. The molecular formula is C17H20ClNS. The minimum absolute atomic E-state index is 0.266. The number of rotatable bonds is 6. The number of halogens is 1. The zero-order valence-corrected chi connectivity index (χ0v) is 13.3. The molecular weight excluding hydrogens is 286 g/mol. The number of nitrogens with two attached hydrogens (primary N) is 1. The highest BCUT2D eigenvalue weighted by molar-refractivity contribution is 7.98. The average molecular weight is 306 g/mol. The van der Waals surface area contributed by atoms with Crippen molar-refractivity contribution in [2.75, 3.05) is 0 Å². The fourth-order valence-corrected chi connectivity index (χ4v) is 2.90. The molecule has 0 aliphatic rings. The third-order valence-electron chi connectivity index (χ3n) is 3.26. The zero-order valence-electron chi connectivity index (χ0n) is 11.7. The Morgan fingerprint density at radius 1 is 1.00 bits per heavy atom. The van der Waals surface area contributed by atoms with Gasteiger partial charge in [-0.3, -0.25) is 0 Å². The number of hydrogen-bond donors (Lipinski definition) is 1. The monoisotopic (exact) mass is 305 g/mol. The van der Waals surface area contributed by atoms with Gasteiger partial charge in [-0.1, -0.05) is 42.8 Å². The van der Waals surface area contributed by atoms with Gasteiger partial charge < -0.3 is 5.73 Å². The second-order valence-electron chi connectivity index (χ2n) is 4.93. The van der Waals surface area contributed by atoms with E-state index in [1.807, 2.05) is 23.9 Å². The van der Waals surface area contributed by atoms with Gasteiger partial charge >= 0.3 is 0 Å². The first-order chi connectivity index (χ1) is 9.67. The molecule has 2 aromatic rings. The molecule has 2 rings (SSSR count). The van der Waals surface area contributed by atoms with E-state index >= 15 is 0 Å². The summed E-state index contributed by atoms with van der Waals surface area (Å²) in [6, 6.07) is 17.0. The quantitative estimate of drug-likeness (QED) is 0.767. The third kappa shape index (κ3) is 4.86. The molecule has 0 bridgehead atoms. The summed E-state index contributed by atoms with van der Waals surface area (Å²) < 4.78 is 0. The summed E-state index contributed by atoms with van der Waals surface area (Å²) in [5.41, 5.74) is 8.58. The Labute approximate surface area is 130 Å². The van der Waals surface area contributed by atoms with Crippen LogP contribution < -0.4 is 5.73 Å². The van der Waals surface area contributed by atoms with Gasteiger partial charge in [-0.15, -0.1) is 11.8 Å².